The smallest absolute Gasteiger partial charge is 0.264 e. The highest BCUT2D eigenvalue weighted by atomic mass is 35.5. The Balaban J connectivity index is 2.11. The van der Waals surface area contributed by atoms with E-state index in [4.69, 9.17) is 32.7 Å². The van der Waals surface area contributed by atoms with Gasteiger partial charge in [0.05, 0.1) is 34.8 Å². The number of hydrogen-bond donors (Lipinski definition) is 1. The average Bonchev–Trinajstić information content (AvgIpc) is 3.01. The van der Waals surface area contributed by atoms with Gasteiger partial charge in [-0.25, -0.2) is 12.8 Å². The summed E-state index contributed by atoms with van der Waals surface area (Å²) in [6.07, 6.45) is 0.916. The molecule has 44 heavy (non-hydrogen) atoms. The number of nitrogens with zero attached hydrogens (tertiary/aromatic N) is 2. The summed E-state index contributed by atoms with van der Waals surface area (Å²) in [7, 11) is -1.64. The van der Waals surface area contributed by atoms with Gasteiger partial charge in [0.25, 0.3) is 10.0 Å². The van der Waals surface area contributed by atoms with Crippen LogP contribution in [-0.4, -0.2) is 58.0 Å². The van der Waals surface area contributed by atoms with Crippen molar-refractivity contribution in [2.75, 3.05) is 25.1 Å². The molecular weight excluding hydrogens is 632 g/mol. The number of carbonyl (C=O) groups excluding carboxylic acids is 2. The van der Waals surface area contributed by atoms with Gasteiger partial charge in [-0.2, -0.15) is 0 Å². The van der Waals surface area contributed by atoms with E-state index in [0.717, 1.165) is 16.4 Å². The Morgan fingerprint density at radius 1 is 0.909 bits per heavy atom. The lowest BCUT2D eigenvalue weighted by Gasteiger charge is -2.33. The Morgan fingerprint density at radius 2 is 1.57 bits per heavy atom. The van der Waals surface area contributed by atoms with E-state index in [1.165, 1.54) is 49.5 Å². The van der Waals surface area contributed by atoms with Gasteiger partial charge in [-0.05, 0) is 73.9 Å². The van der Waals surface area contributed by atoms with Crippen molar-refractivity contribution >= 4 is 50.7 Å². The Bertz CT molecular complexity index is 1570. The third kappa shape index (κ3) is 8.34. The summed E-state index contributed by atoms with van der Waals surface area (Å²) in [5.74, 6) is -1.17. The van der Waals surface area contributed by atoms with Gasteiger partial charge < -0.3 is 19.7 Å². The van der Waals surface area contributed by atoms with Crippen molar-refractivity contribution in [3.63, 3.8) is 0 Å². The zero-order valence-electron chi connectivity index (χ0n) is 25.1. The van der Waals surface area contributed by atoms with Gasteiger partial charge in [0.1, 0.15) is 18.4 Å². The number of nitrogens with one attached hydrogen (secondary N) is 1. The molecule has 3 aromatic carbocycles. The zero-order chi connectivity index (χ0) is 32.6. The first-order chi connectivity index (χ1) is 20.9. The molecule has 238 valence electrons. The number of rotatable bonds is 14. The van der Waals surface area contributed by atoms with Crippen LogP contribution in [0.4, 0.5) is 10.1 Å². The third-order valence-electron chi connectivity index (χ3n) is 7.06. The molecule has 0 aliphatic heterocycles. The molecule has 9 nitrogen and oxygen atoms in total. The van der Waals surface area contributed by atoms with Gasteiger partial charge in [-0.3, -0.25) is 13.9 Å². The van der Waals surface area contributed by atoms with Crippen molar-refractivity contribution in [1.82, 2.24) is 10.2 Å². The molecule has 0 saturated carbocycles. The second kappa shape index (κ2) is 15.5. The van der Waals surface area contributed by atoms with Crippen LogP contribution in [0, 0.1) is 5.82 Å². The van der Waals surface area contributed by atoms with Crippen LogP contribution in [0.1, 0.15) is 39.2 Å². The van der Waals surface area contributed by atoms with E-state index in [9.17, 15) is 22.4 Å². The van der Waals surface area contributed by atoms with E-state index in [-0.39, 0.29) is 46.3 Å². The lowest BCUT2D eigenvalue weighted by molar-refractivity contribution is -0.140. The number of methoxy groups -OCH3 is 2. The highest BCUT2D eigenvalue weighted by Crippen LogP contribution is 2.33. The van der Waals surface area contributed by atoms with E-state index >= 15 is 0 Å². The van der Waals surface area contributed by atoms with Crippen molar-refractivity contribution in [1.29, 1.82) is 0 Å². The molecule has 0 unspecified atom stereocenters. The molecule has 1 N–H and O–H groups in total. The number of carbonyl (C=O) groups is 2. The van der Waals surface area contributed by atoms with Crippen molar-refractivity contribution in [2.45, 2.75) is 57.1 Å². The molecule has 0 spiro atoms. The molecule has 0 bridgehead atoms. The van der Waals surface area contributed by atoms with Crippen LogP contribution in [0.5, 0.6) is 11.5 Å². The molecule has 0 fully saturated rings. The highest BCUT2D eigenvalue weighted by Gasteiger charge is 2.34. The van der Waals surface area contributed by atoms with Crippen molar-refractivity contribution in [3.8, 4) is 11.5 Å². The molecular formula is C31H36Cl2FN3O6S. The quantitative estimate of drug-likeness (QED) is 0.224. The Morgan fingerprint density at radius 3 is 2.14 bits per heavy atom. The predicted octanol–water partition coefficient (Wildman–Crippen LogP) is 6.07. The summed E-state index contributed by atoms with van der Waals surface area (Å²) in [6, 6.07) is 12.5. The standard InChI is InChI=1S/C31H36Cl2FN3O6S/c1-6-20(3)35-31(39)27(7-2)36(18-21-8-14-25(32)26(33)16-21)30(38)19-37(23-11-9-22(34)10-12-23)44(40,41)24-13-15-28(42-4)29(17-24)43-5/h8-17,20,27H,6-7,18-19H2,1-5H3,(H,35,39)/t20-,27-/m0/s1. The fourth-order valence-electron chi connectivity index (χ4n) is 4.44. The van der Waals surface area contributed by atoms with Crippen molar-refractivity contribution in [3.05, 3.63) is 82.1 Å². The van der Waals surface area contributed by atoms with E-state index in [1.54, 1.807) is 25.1 Å². The van der Waals surface area contributed by atoms with Gasteiger partial charge in [0.2, 0.25) is 11.8 Å². The van der Waals surface area contributed by atoms with Crippen LogP contribution >= 0.6 is 23.2 Å². The average molecular weight is 669 g/mol. The zero-order valence-corrected chi connectivity index (χ0v) is 27.5. The van der Waals surface area contributed by atoms with Gasteiger partial charge >= 0.3 is 0 Å². The normalized spacial score (nSPS) is 12.6. The number of anilines is 1. The fourth-order valence-corrected chi connectivity index (χ4v) is 6.19. The molecule has 0 aliphatic rings. The maximum absolute atomic E-state index is 14.2. The van der Waals surface area contributed by atoms with Crippen LogP contribution in [0.15, 0.2) is 65.6 Å². The second-order valence-corrected chi connectivity index (χ2v) is 12.7. The summed E-state index contributed by atoms with van der Waals surface area (Å²) in [6.45, 7) is 4.77. The molecule has 13 heteroatoms. The molecule has 0 aromatic heterocycles. The first-order valence-corrected chi connectivity index (χ1v) is 16.1. The van der Waals surface area contributed by atoms with Crippen LogP contribution in [-0.2, 0) is 26.2 Å². The van der Waals surface area contributed by atoms with Crippen LogP contribution in [0.25, 0.3) is 0 Å². The molecule has 3 aromatic rings. The van der Waals surface area contributed by atoms with E-state index < -0.39 is 34.3 Å². The third-order valence-corrected chi connectivity index (χ3v) is 9.57. The Kier molecular flexibility index (Phi) is 12.3. The Labute approximate surface area is 267 Å². The number of ether oxygens (including phenoxy) is 2. The van der Waals surface area contributed by atoms with Gasteiger partial charge in [-0.15, -0.1) is 0 Å². The molecule has 2 atom stereocenters. The number of amides is 2. The fraction of sp³-hybridized carbons (Fsp3) is 0.355. The predicted molar refractivity (Wildman–Crippen MR) is 169 cm³/mol. The number of benzene rings is 3. The molecule has 0 radical (unpaired) electrons. The SMILES string of the molecule is CC[C@H](C)NC(=O)[C@H](CC)N(Cc1ccc(Cl)c(Cl)c1)C(=O)CN(c1ccc(F)cc1)S(=O)(=O)c1ccc(OC)c(OC)c1. The summed E-state index contributed by atoms with van der Waals surface area (Å²) < 4.78 is 53.5. The van der Waals surface area contributed by atoms with Crippen LogP contribution < -0.4 is 19.1 Å². The maximum atomic E-state index is 14.2. The molecule has 3 rings (SSSR count). The monoisotopic (exact) mass is 667 g/mol. The van der Waals surface area contributed by atoms with Gasteiger partial charge in [-0.1, -0.05) is 43.1 Å². The number of sulfonamides is 1. The lowest BCUT2D eigenvalue weighted by atomic mass is 10.1. The summed E-state index contributed by atoms with van der Waals surface area (Å²) in [4.78, 5) is 28.7. The van der Waals surface area contributed by atoms with Crippen LogP contribution in [0.2, 0.25) is 10.0 Å². The molecule has 0 saturated heterocycles. The second-order valence-electron chi connectivity index (χ2n) is 10.0. The van der Waals surface area contributed by atoms with E-state index in [0.29, 0.717) is 22.8 Å². The van der Waals surface area contributed by atoms with Gasteiger partial charge in [0, 0.05) is 18.7 Å². The number of hydrogen-bond acceptors (Lipinski definition) is 6. The first-order valence-electron chi connectivity index (χ1n) is 13.9. The van der Waals surface area contributed by atoms with Gasteiger partial charge in [0.15, 0.2) is 11.5 Å². The van der Waals surface area contributed by atoms with Crippen LogP contribution in [0.3, 0.4) is 0 Å². The lowest BCUT2D eigenvalue weighted by Crippen LogP contribution is -2.53. The summed E-state index contributed by atoms with van der Waals surface area (Å²) in [5.41, 5.74) is 0.625. The van der Waals surface area contributed by atoms with Crippen molar-refractivity contribution in [2.24, 2.45) is 0 Å². The molecule has 0 heterocycles. The minimum Gasteiger partial charge on any atom is -0.493 e. The largest absolute Gasteiger partial charge is 0.493 e. The topological polar surface area (TPSA) is 105 Å². The molecule has 2 amide bonds. The maximum Gasteiger partial charge on any atom is 0.264 e. The number of halogens is 3. The van der Waals surface area contributed by atoms with E-state index in [2.05, 4.69) is 5.32 Å². The highest BCUT2D eigenvalue weighted by molar-refractivity contribution is 7.92. The summed E-state index contributed by atoms with van der Waals surface area (Å²) in [5, 5.41) is 3.49. The molecule has 0 aliphatic carbocycles. The van der Waals surface area contributed by atoms with E-state index in [1.807, 2.05) is 13.8 Å². The summed E-state index contributed by atoms with van der Waals surface area (Å²) >= 11 is 12.3. The van der Waals surface area contributed by atoms with Crippen molar-refractivity contribution < 1.29 is 31.9 Å². The minimum absolute atomic E-state index is 0.0427. The Hall–Kier alpha value is -3.54. The minimum atomic E-state index is -4.43. The first kappa shape index (κ1) is 34.9.